The first-order valence-corrected chi connectivity index (χ1v) is 17.1. The molecule has 0 bridgehead atoms. The van der Waals surface area contributed by atoms with E-state index in [-0.39, 0.29) is 37.3 Å². The first-order valence-electron chi connectivity index (χ1n) is 16.4. The zero-order chi connectivity index (χ0) is 34.8. The van der Waals surface area contributed by atoms with E-state index in [4.69, 9.17) is 37.4 Å². The van der Waals surface area contributed by atoms with Crippen molar-refractivity contribution in [2.45, 2.75) is 44.7 Å². The minimum absolute atomic E-state index is 0.0380. The van der Waals surface area contributed by atoms with E-state index < -0.39 is 11.9 Å². The van der Waals surface area contributed by atoms with Crippen molar-refractivity contribution < 1.29 is 18.6 Å². The molecule has 0 spiro atoms. The van der Waals surface area contributed by atoms with Gasteiger partial charge in [0.15, 0.2) is 0 Å². The zero-order valence-electron chi connectivity index (χ0n) is 27.5. The number of piperazine rings is 1. The molecule has 16 heteroatoms. The summed E-state index contributed by atoms with van der Waals surface area (Å²) in [6, 6.07) is 13.8. The molecular weight excluding hydrogens is 688 g/mol. The standard InChI is InChI=1S/C34H36Cl2FN9O4/c1-3-23(2)46-33(47)45(22-41-46)25-5-8-31(30(37)15-25)42-10-12-43(13-11-42)32-9-6-26(16-39-32)48-17-27-18-49-34(50-27,19-44-21-38-20-40-44)28-7-4-24(35)14-29(28)36/h4-9,14-16,20-23,27H,3,10-13,17-19H2,1-2H3/t23?,27-,34-/m1/s1. The summed E-state index contributed by atoms with van der Waals surface area (Å²) >= 11 is 12.7. The predicted molar refractivity (Wildman–Crippen MR) is 186 cm³/mol. The number of halogens is 3. The summed E-state index contributed by atoms with van der Waals surface area (Å²) in [7, 11) is 0. The molecular formula is C34H36Cl2FN9O4. The summed E-state index contributed by atoms with van der Waals surface area (Å²) < 4.78 is 38.4. The molecule has 1 unspecified atom stereocenters. The molecule has 0 saturated carbocycles. The normalized spacial score (nSPS) is 20.0. The largest absolute Gasteiger partial charge is 0.489 e. The van der Waals surface area contributed by atoms with Crippen LogP contribution in [-0.2, 0) is 21.8 Å². The van der Waals surface area contributed by atoms with Gasteiger partial charge in [-0.2, -0.15) is 10.2 Å². The molecule has 2 aliphatic rings. The molecule has 3 aromatic heterocycles. The summed E-state index contributed by atoms with van der Waals surface area (Å²) in [4.78, 5) is 25.6. The topological polar surface area (TPSA) is 118 Å². The summed E-state index contributed by atoms with van der Waals surface area (Å²) in [5.74, 6) is -0.196. The van der Waals surface area contributed by atoms with Gasteiger partial charge in [0.25, 0.3) is 0 Å². The van der Waals surface area contributed by atoms with Crippen LogP contribution < -0.4 is 20.2 Å². The van der Waals surface area contributed by atoms with Gasteiger partial charge in [0.1, 0.15) is 55.6 Å². The van der Waals surface area contributed by atoms with Crippen molar-refractivity contribution in [1.29, 1.82) is 0 Å². The highest BCUT2D eigenvalue weighted by molar-refractivity contribution is 6.35. The van der Waals surface area contributed by atoms with Gasteiger partial charge in [0.05, 0.1) is 35.2 Å². The third-order valence-electron chi connectivity index (χ3n) is 9.05. The van der Waals surface area contributed by atoms with E-state index in [0.717, 1.165) is 12.2 Å². The third-order valence-corrected chi connectivity index (χ3v) is 9.60. The van der Waals surface area contributed by atoms with Crippen LogP contribution in [-0.4, -0.2) is 79.6 Å². The van der Waals surface area contributed by atoms with Crippen LogP contribution >= 0.6 is 23.2 Å². The second-order valence-electron chi connectivity index (χ2n) is 12.3. The number of hydrogen-bond acceptors (Lipinski definition) is 10. The number of ether oxygens (including phenoxy) is 3. The first-order chi connectivity index (χ1) is 24.2. The Morgan fingerprint density at radius 2 is 1.86 bits per heavy atom. The van der Waals surface area contributed by atoms with E-state index >= 15 is 4.39 Å². The van der Waals surface area contributed by atoms with Crippen molar-refractivity contribution in [3.8, 4) is 11.4 Å². The van der Waals surface area contributed by atoms with Crippen LogP contribution in [0.25, 0.3) is 5.69 Å². The van der Waals surface area contributed by atoms with E-state index in [1.807, 2.05) is 30.9 Å². The van der Waals surface area contributed by atoms with Gasteiger partial charge in [-0.05, 0) is 49.7 Å². The number of anilines is 2. The molecule has 0 amide bonds. The third kappa shape index (κ3) is 6.93. The van der Waals surface area contributed by atoms with E-state index in [9.17, 15) is 4.79 Å². The number of pyridine rings is 1. The highest BCUT2D eigenvalue weighted by Crippen LogP contribution is 2.40. The van der Waals surface area contributed by atoms with Crippen LogP contribution in [0.15, 0.2) is 78.5 Å². The van der Waals surface area contributed by atoms with E-state index in [0.29, 0.717) is 58.9 Å². The summed E-state index contributed by atoms with van der Waals surface area (Å²) in [5.41, 5.74) is 1.29. The molecule has 2 aliphatic heterocycles. The molecule has 262 valence electrons. The number of benzene rings is 2. The monoisotopic (exact) mass is 723 g/mol. The van der Waals surface area contributed by atoms with Crippen LogP contribution in [0.2, 0.25) is 10.0 Å². The Balaban J connectivity index is 0.939. The molecule has 50 heavy (non-hydrogen) atoms. The Hall–Kier alpha value is -4.50. The Morgan fingerprint density at radius 1 is 1.04 bits per heavy atom. The van der Waals surface area contributed by atoms with Gasteiger partial charge in [0.2, 0.25) is 5.79 Å². The lowest BCUT2D eigenvalue weighted by Crippen LogP contribution is -2.47. The zero-order valence-corrected chi connectivity index (χ0v) is 29.0. The Bertz CT molecular complexity index is 1980. The van der Waals surface area contributed by atoms with Crippen LogP contribution in [0.5, 0.6) is 5.75 Å². The fourth-order valence-corrected chi connectivity index (χ4v) is 6.72. The average molecular weight is 725 g/mol. The molecule has 7 rings (SSSR count). The molecule has 5 aromatic rings. The van der Waals surface area contributed by atoms with Gasteiger partial charge >= 0.3 is 5.69 Å². The summed E-state index contributed by atoms with van der Waals surface area (Å²) in [5, 5.41) is 9.33. The second-order valence-corrected chi connectivity index (χ2v) is 13.1. The van der Waals surface area contributed by atoms with Crippen LogP contribution in [0, 0.1) is 5.82 Å². The van der Waals surface area contributed by atoms with Crippen LogP contribution in [0.3, 0.4) is 0 Å². The van der Waals surface area contributed by atoms with E-state index in [1.54, 1.807) is 47.5 Å². The molecule has 0 radical (unpaired) electrons. The minimum Gasteiger partial charge on any atom is -0.489 e. The maximum atomic E-state index is 15.3. The first kappa shape index (κ1) is 34.0. The predicted octanol–water partition coefficient (Wildman–Crippen LogP) is 5.11. The molecule has 2 fully saturated rings. The molecule has 2 aromatic carbocycles. The smallest absolute Gasteiger partial charge is 0.350 e. The summed E-state index contributed by atoms with van der Waals surface area (Å²) in [6.45, 7) is 7.17. The minimum atomic E-state index is -1.20. The summed E-state index contributed by atoms with van der Waals surface area (Å²) in [6.07, 6.45) is 6.52. The van der Waals surface area contributed by atoms with Gasteiger partial charge < -0.3 is 24.0 Å². The SMILES string of the molecule is CCC(C)n1ncn(-c2ccc(N3CCN(c4ccc(OC[C@@H]5CO[C@@](Cn6cncn6)(c6ccc(Cl)cc6Cl)O5)cn4)CC3)c(F)c2)c1=O. The highest BCUT2D eigenvalue weighted by atomic mass is 35.5. The maximum absolute atomic E-state index is 15.3. The maximum Gasteiger partial charge on any atom is 0.350 e. The van der Waals surface area contributed by atoms with Crippen molar-refractivity contribution in [2.75, 3.05) is 49.2 Å². The molecule has 0 N–H and O–H groups in total. The molecule has 3 atom stereocenters. The van der Waals surface area contributed by atoms with Crippen LogP contribution in [0.1, 0.15) is 31.9 Å². The quantitative estimate of drug-likeness (QED) is 0.182. The fourth-order valence-electron chi connectivity index (χ4n) is 6.16. The van der Waals surface area contributed by atoms with Crippen molar-refractivity contribution in [3.63, 3.8) is 0 Å². The van der Waals surface area contributed by atoms with Crippen molar-refractivity contribution in [1.82, 2.24) is 34.1 Å². The molecule has 5 heterocycles. The van der Waals surface area contributed by atoms with Crippen LogP contribution in [0.4, 0.5) is 15.9 Å². The van der Waals surface area contributed by atoms with E-state index in [2.05, 4.69) is 25.1 Å². The number of aromatic nitrogens is 7. The number of nitrogens with zero attached hydrogens (tertiary/aromatic N) is 9. The molecule has 13 nitrogen and oxygen atoms in total. The van der Waals surface area contributed by atoms with Crippen molar-refractivity contribution in [3.05, 3.63) is 106 Å². The number of rotatable bonds is 11. The lowest BCUT2D eigenvalue weighted by molar-refractivity contribution is -0.190. The Labute approximate surface area is 297 Å². The fraction of sp³-hybridized carbons (Fsp3) is 0.382. The van der Waals surface area contributed by atoms with Crippen molar-refractivity contribution in [2.24, 2.45) is 0 Å². The van der Waals surface area contributed by atoms with Gasteiger partial charge in [-0.1, -0.05) is 36.2 Å². The average Bonchev–Trinajstić information content (AvgIpc) is 3.88. The Morgan fingerprint density at radius 3 is 2.56 bits per heavy atom. The lowest BCUT2D eigenvalue weighted by atomic mass is 10.1. The molecule has 0 aliphatic carbocycles. The van der Waals surface area contributed by atoms with Gasteiger partial charge in [-0.15, -0.1) is 0 Å². The molecule has 2 saturated heterocycles. The highest BCUT2D eigenvalue weighted by Gasteiger charge is 2.45. The number of hydrogen-bond donors (Lipinski definition) is 0. The Kier molecular flexibility index (Phi) is 9.78. The van der Waals surface area contributed by atoms with E-state index in [1.165, 1.54) is 28.0 Å². The van der Waals surface area contributed by atoms with Crippen molar-refractivity contribution >= 4 is 34.7 Å². The van der Waals surface area contributed by atoms with Gasteiger partial charge in [0, 0.05) is 42.8 Å². The second kappa shape index (κ2) is 14.4. The van der Waals surface area contributed by atoms with Gasteiger partial charge in [-0.3, -0.25) is 0 Å². The lowest BCUT2D eigenvalue weighted by Gasteiger charge is -2.36. The van der Waals surface area contributed by atoms with Gasteiger partial charge in [-0.25, -0.2) is 33.1 Å².